The van der Waals surface area contributed by atoms with Crippen molar-refractivity contribution in [2.75, 3.05) is 40.9 Å². The Morgan fingerprint density at radius 1 is 0.522 bits per heavy atom. The summed E-state index contributed by atoms with van der Waals surface area (Å²) in [7, 11) is 1.50. The van der Waals surface area contributed by atoms with Crippen molar-refractivity contribution in [3.05, 3.63) is 122 Å². The van der Waals surface area contributed by atoms with E-state index in [1.165, 1.54) is 70.6 Å². The van der Waals surface area contributed by atoms with Crippen LogP contribution in [0.25, 0.3) is 0 Å². The molecule has 67 heavy (non-hydrogen) atoms. The van der Waals surface area contributed by atoms with Crippen LogP contribution in [-0.4, -0.2) is 73.4 Å². The molecule has 0 aliphatic rings. The molecule has 1 amide bonds. The lowest BCUT2D eigenvalue weighted by Gasteiger charge is -2.25. The molecule has 0 fully saturated rings. The quantitative estimate of drug-likeness (QED) is 0.0243. The first-order valence-electron chi connectivity index (χ1n) is 26.4. The minimum atomic E-state index is -4.38. The van der Waals surface area contributed by atoms with Gasteiger partial charge in [0.25, 0.3) is 0 Å². The van der Waals surface area contributed by atoms with Crippen molar-refractivity contribution in [3.8, 4) is 0 Å². The Balaban J connectivity index is 4.48. The second-order valence-corrected chi connectivity index (χ2v) is 19.9. The molecule has 0 radical (unpaired) electrons. The Bertz CT molecular complexity index is 1500. The van der Waals surface area contributed by atoms with Gasteiger partial charge in [-0.2, -0.15) is 0 Å². The lowest BCUT2D eigenvalue weighted by Crippen LogP contribution is -2.45. The summed E-state index contributed by atoms with van der Waals surface area (Å²) in [5.41, 5.74) is 0. The summed E-state index contributed by atoms with van der Waals surface area (Å²) in [4.78, 5) is 23.2. The van der Waals surface area contributed by atoms with E-state index in [-0.39, 0.29) is 19.1 Å². The molecule has 0 aromatic heterocycles. The van der Waals surface area contributed by atoms with Gasteiger partial charge in [0.05, 0.1) is 39.9 Å². The number of aliphatic hydroxyl groups excluding tert-OH is 1. The first-order chi connectivity index (χ1) is 32.5. The summed E-state index contributed by atoms with van der Waals surface area (Å²) in [6.07, 6.45) is 71.4. The first kappa shape index (κ1) is 63.9. The summed E-state index contributed by atoms with van der Waals surface area (Å²) >= 11 is 0. The van der Waals surface area contributed by atoms with E-state index < -0.39 is 20.0 Å². The van der Waals surface area contributed by atoms with Crippen LogP contribution in [0.5, 0.6) is 0 Å². The van der Waals surface area contributed by atoms with E-state index in [1.54, 1.807) is 6.08 Å². The molecule has 0 saturated carbocycles. The molecule has 3 N–H and O–H groups in total. The number of carbonyl (C=O) groups excluding carboxylic acids is 1. The van der Waals surface area contributed by atoms with Gasteiger partial charge in [0.2, 0.25) is 5.91 Å². The molecule has 0 rings (SSSR count). The zero-order valence-electron chi connectivity index (χ0n) is 43.3. The van der Waals surface area contributed by atoms with Crippen molar-refractivity contribution in [1.82, 2.24) is 5.32 Å². The van der Waals surface area contributed by atoms with Crippen LogP contribution in [0.1, 0.15) is 187 Å². The Kier molecular flexibility index (Phi) is 45.7. The number of likely N-dealkylation sites (N-methyl/N-ethyl adjacent to an activating group) is 1. The Hall–Kier alpha value is -3.10. The predicted molar refractivity (Wildman–Crippen MR) is 290 cm³/mol. The minimum absolute atomic E-state index is 0.0393. The third-order valence-corrected chi connectivity index (χ3v) is 11.9. The van der Waals surface area contributed by atoms with E-state index in [2.05, 4.69) is 129 Å². The zero-order valence-corrected chi connectivity index (χ0v) is 44.2. The number of hydrogen-bond acceptors (Lipinski definition) is 5. The molecule has 9 heteroatoms. The molecule has 0 aliphatic heterocycles. The summed E-state index contributed by atoms with van der Waals surface area (Å²) in [6.45, 7) is 4.62. The number of rotatable bonds is 46. The van der Waals surface area contributed by atoms with Crippen LogP contribution < -0.4 is 5.32 Å². The average molecular weight is 952 g/mol. The molecule has 0 aromatic carbocycles. The van der Waals surface area contributed by atoms with Crippen LogP contribution in [0.3, 0.4) is 0 Å². The van der Waals surface area contributed by atoms with E-state index >= 15 is 0 Å². The van der Waals surface area contributed by atoms with Crippen LogP contribution in [0, 0.1) is 0 Å². The number of unbranched alkanes of at least 4 members (excludes halogenated alkanes) is 15. The van der Waals surface area contributed by atoms with Crippen LogP contribution in [-0.2, 0) is 18.4 Å². The van der Waals surface area contributed by atoms with Crippen molar-refractivity contribution in [3.63, 3.8) is 0 Å². The molecule has 0 bridgehead atoms. The highest BCUT2D eigenvalue weighted by Crippen LogP contribution is 2.43. The van der Waals surface area contributed by atoms with Gasteiger partial charge in [-0.25, -0.2) is 4.57 Å². The summed E-state index contributed by atoms with van der Waals surface area (Å²) < 4.78 is 23.6. The largest absolute Gasteiger partial charge is 0.472 e. The molecule has 0 aromatic rings. The van der Waals surface area contributed by atoms with E-state index in [0.29, 0.717) is 23.9 Å². The van der Waals surface area contributed by atoms with E-state index in [4.69, 9.17) is 9.05 Å². The highest BCUT2D eigenvalue weighted by molar-refractivity contribution is 7.47. The molecule has 3 atom stereocenters. The maximum Gasteiger partial charge on any atom is 0.472 e. The Morgan fingerprint density at radius 2 is 0.910 bits per heavy atom. The molecule has 3 unspecified atom stereocenters. The number of phosphoric ester groups is 1. The average Bonchev–Trinajstić information content (AvgIpc) is 3.29. The van der Waals surface area contributed by atoms with E-state index in [9.17, 15) is 19.4 Å². The van der Waals surface area contributed by atoms with E-state index in [0.717, 1.165) is 89.9 Å². The fourth-order valence-electron chi connectivity index (χ4n) is 6.76. The maximum absolute atomic E-state index is 12.9. The number of quaternary nitrogens is 1. The monoisotopic (exact) mass is 952 g/mol. The number of hydrogen-bond donors (Lipinski definition) is 3. The second kappa shape index (κ2) is 47.9. The normalized spacial score (nSPS) is 15.0. The van der Waals surface area contributed by atoms with Gasteiger partial charge in [-0.15, -0.1) is 0 Å². The number of allylic oxidation sites excluding steroid dienone is 19. The standard InChI is InChI=1S/C58H99N2O6P/c1-6-8-10-12-14-16-18-20-22-24-26-28-29-30-31-32-34-36-38-40-42-44-46-48-50-52-58(62)59-56(55-66-67(63,64)65-54-53-60(3,4)5)57(61)51-49-47-45-43-41-39-37-35-33-27-25-23-21-19-17-15-13-11-9-7-2/h8,10,14,16,20,22,26,28,30-31,33-36,40-43,49,51,56-57,61H,6-7,9,11-13,15,17-19,21,23-25,27,29,32,37-39,44-48,50,52-55H2,1-5H3,(H-,59,62,63,64)/p+1/b10-8-,16-14-,22-20-,28-26-,31-30-,35-33+,36-34-,42-40-,43-41+,51-49+. The van der Waals surface area contributed by atoms with Crippen molar-refractivity contribution >= 4 is 13.7 Å². The van der Waals surface area contributed by atoms with Gasteiger partial charge in [0, 0.05) is 6.42 Å². The van der Waals surface area contributed by atoms with Gasteiger partial charge >= 0.3 is 7.82 Å². The molecule has 0 aliphatic carbocycles. The van der Waals surface area contributed by atoms with Gasteiger partial charge in [0.15, 0.2) is 0 Å². The molecular weight excluding hydrogens is 852 g/mol. The van der Waals surface area contributed by atoms with Gasteiger partial charge in [0.1, 0.15) is 13.2 Å². The number of aliphatic hydroxyl groups is 1. The predicted octanol–water partition coefficient (Wildman–Crippen LogP) is 15.8. The Morgan fingerprint density at radius 3 is 1.37 bits per heavy atom. The van der Waals surface area contributed by atoms with Gasteiger partial charge in [-0.05, 0) is 103 Å². The molecule has 382 valence electrons. The third kappa shape index (κ3) is 50.6. The first-order valence-corrected chi connectivity index (χ1v) is 27.9. The topological polar surface area (TPSA) is 105 Å². The highest BCUT2D eigenvalue weighted by Gasteiger charge is 2.27. The molecule has 0 spiro atoms. The Labute approximate surface area is 412 Å². The van der Waals surface area contributed by atoms with Crippen LogP contribution in [0.15, 0.2) is 122 Å². The van der Waals surface area contributed by atoms with Crippen molar-refractivity contribution in [2.45, 2.75) is 199 Å². The second-order valence-electron chi connectivity index (χ2n) is 18.5. The van der Waals surface area contributed by atoms with Crippen molar-refractivity contribution in [1.29, 1.82) is 0 Å². The number of carbonyl (C=O) groups is 1. The SMILES string of the molecule is CC/C=C\C/C=C\C/C=C\C/C=C\C/C=C\C/C=C\C/C=C\CCCCCC(=O)NC(COP(=O)(O)OCC[N+](C)(C)C)C(O)/C=C/CC/C=C/CC/C=C/CCCCCCCCCCCC. The number of nitrogens with zero attached hydrogens (tertiary/aromatic N) is 1. The number of amides is 1. The van der Waals surface area contributed by atoms with Gasteiger partial charge in [-0.1, -0.05) is 200 Å². The van der Waals surface area contributed by atoms with Crippen molar-refractivity contribution < 1.29 is 32.9 Å². The highest BCUT2D eigenvalue weighted by atomic mass is 31.2. The van der Waals surface area contributed by atoms with Gasteiger partial charge in [-0.3, -0.25) is 13.8 Å². The third-order valence-electron chi connectivity index (χ3n) is 10.9. The number of nitrogens with one attached hydrogen (secondary N) is 1. The van der Waals surface area contributed by atoms with Gasteiger partial charge < -0.3 is 19.8 Å². The molecule has 8 nitrogen and oxygen atoms in total. The maximum atomic E-state index is 12.9. The molecule has 0 saturated heterocycles. The lowest BCUT2D eigenvalue weighted by atomic mass is 10.1. The van der Waals surface area contributed by atoms with Crippen molar-refractivity contribution in [2.24, 2.45) is 0 Å². The minimum Gasteiger partial charge on any atom is -0.387 e. The van der Waals surface area contributed by atoms with E-state index in [1.807, 2.05) is 27.2 Å². The smallest absolute Gasteiger partial charge is 0.387 e. The fraction of sp³-hybridized carbons (Fsp3) is 0.638. The van der Waals surface area contributed by atoms with Crippen LogP contribution >= 0.6 is 7.82 Å². The summed E-state index contributed by atoms with van der Waals surface area (Å²) in [6, 6.07) is -0.897. The van der Waals surface area contributed by atoms with Crippen LogP contribution in [0.2, 0.25) is 0 Å². The lowest BCUT2D eigenvalue weighted by molar-refractivity contribution is -0.870. The molecular formula is C58H100N2O6P+. The summed E-state index contributed by atoms with van der Waals surface area (Å²) in [5, 5.41) is 13.8. The number of phosphoric acid groups is 1. The summed E-state index contributed by atoms with van der Waals surface area (Å²) in [5.74, 6) is -0.228. The fourth-order valence-corrected chi connectivity index (χ4v) is 7.49. The van der Waals surface area contributed by atoms with Crippen LogP contribution in [0.4, 0.5) is 0 Å². The molecule has 0 heterocycles. The zero-order chi connectivity index (χ0) is 49.2.